The number of nitriles is 1. The van der Waals surface area contributed by atoms with Gasteiger partial charge in [0.15, 0.2) is 0 Å². The van der Waals surface area contributed by atoms with Crippen molar-refractivity contribution in [1.82, 2.24) is 0 Å². The number of anilines is 1. The first-order valence-electron chi connectivity index (χ1n) is 10.4. The number of aromatic amines is 1. The zero-order chi connectivity index (χ0) is 20.1. The van der Waals surface area contributed by atoms with Gasteiger partial charge in [0, 0.05) is 28.9 Å². The summed E-state index contributed by atoms with van der Waals surface area (Å²) in [5.74, 6) is 1.89. The van der Waals surface area contributed by atoms with Gasteiger partial charge < -0.3 is 0 Å². The van der Waals surface area contributed by atoms with Crippen molar-refractivity contribution >= 4 is 17.6 Å². The quantitative estimate of drug-likeness (QED) is 0.691. The number of aryl methyl sites for hydroxylation is 1. The molecule has 0 unspecified atom stereocenters. The summed E-state index contributed by atoms with van der Waals surface area (Å²) in [6, 6.07) is 13.3. The Morgan fingerprint density at radius 2 is 2.00 bits per heavy atom. The zero-order valence-electron chi connectivity index (χ0n) is 17.6. The predicted octanol–water partition coefficient (Wildman–Crippen LogP) is 5.33. The van der Waals surface area contributed by atoms with E-state index in [-0.39, 0.29) is 10.8 Å². The summed E-state index contributed by atoms with van der Waals surface area (Å²) in [5.41, 5.74) is 6.06. The van der Waals surface area contributed by atoms with Crippen LogP contribution in [-0.4, -0.2) is 10.8 Å². The molecule has 1 aromatic carbocycles. The van der Waals surface area contributed by atoms with E-state index >= 15 is 0 Å². The molecule has 0 bridgehead atoms. The molecule has 28 heavy (non-hydrogen) atoms. The molecule has 148 valence electrons. The van der Waals surface area contributed by atoms with E-state index < -0.39 is 0 Å². The number of hydrogen-bond acceptors (Lipinski definition) is 3. The smallest absolute Gasteiger partial charge is 0.271 e. The van der Waals surface area contributed by atoms with Crippen LogP contribution in [0.2, 0.25) is 0 Å². The molecule has 0 radical (unpaired) electrons. The van der Waals surface area contributed by atoms with Crippen molar-refractivity contribution < 1.29 is 4.98 Å². The third kappa shape index (κ3) is 4.89. The van der Waals surface area contributed by atoms with Gasteiger partial charge in [0.2, 0.25) is 0 Å². The summed E-state index contributed by atoms with van der Waals surface area (Å²) in [7, 11) is 0. The molecular weight excluding hydrogens is 362 g/mol. The van der Waals surface area contributed by atoms with Crippen LogP contribution in [-0.2, 0) is 25.0 Å². The number of unbranched alkanes of at least 4 members (excludes halogenated alkanes) is 1. The van der Waals surface area contributed by atoms with Gasteiger partial charge in [-0.25, -0.2) is 4.98 Å². The van der Waals surface area contributed by atoms with E-state index in [0.717, 1.165) is 36.4 Å². The number of pyridine rings is 1. The molecule has 2 heterocycles. The number of nitrogens with one attached hydrogen (secondary N) is 2. The van der Waals surface area contributed by atoms with Gasteiger partial charge in [-0.15, -0.1) is 0 Å². The molecule has 0 saturated heterocycles. The summed E-state index contributed by atoms with van der Waals surface area (Å²) in [4.78, 5) is 3.62. The molecule has 2 aromatic rings. The molecular formula is C24H32N3S+. The van der Waals surface area contributed by atoms with Gasteiger partial charge in [0.1, 0.15) is 17.3 Å². The second-order valence-corrected chi connectivity index (χ2v) is 10.2. The average Bonchev–Trinajstić information content (AvgIpc) is 2.66. The SMILES string of the molecule is CCCCc1[nH+]c(N[C@H](C)Cc2ccccc2)c(C#N)c2c1CSC(C)(C)C2. The predicted molar refractivity (Wildman–Crippen MR) is 119 cm³/mol. The highest BCUT2D eigenvalue weighted by atomic mass is 32.2. The van der Waals surface area contributed by atoms with Crippen molar-refractivity contribution in [3.05, 3.63) is 58.3 Å². The van der Waals surface area contributed by atoms with Gasteiger partial charge in [-0.2, -0.15) is 17.0 Å². The van der Waals surface area contributed by atoms with Crippen molar-refractivity contribution in [2.75, 3.05) is 5.32 Å². The Bertz CT molecular complexity index is 852. The van der Waals surface area contributed by atoms with Gasteiger partial charge >= 0.3 is 0 Å². The Morgan fingerprint density at radius 1 is 1.25 bits per heavy atom. The van der Waals surface area contributed by atoms with E-state index in [0.29, 0.717) is 0 Å². The van der Waals surface area contributed by atoms with Crippen LogP contribution in [0.3, 0.4) is 0 Å². The average molecular weight is 395 g/mol. The summed E-state index contributed by atoms with van der Waals surface area (Å²) >= 11 is 2.00. The fourth-order valence-corrected chi connectivity index (χ4v) is 5.08. The molecule has 0 spiro atoms. The molecule has 1 aliphatic rings. The molecule has 0 saturated carbocycles. The second kappa shape index (κ2) is 9.01. The molecule has 3 nitrogen and oxygen atoms in total. The van der Waals surface area contributed by atoms with Crippen molar-refractivity contribution in [1.29, 1.82) is 5.26 Å². The lowest BCUT2D eigenvalue weighted by atomic mass is 9.91. The van der Waals surface area contributed by atoms with Crippen LogP contribution in [0.1, 0.15) is 68.5 Å². The van der Waals surface area contributed by atoms with Gasteiger partial charge in [-0.05, 0) is 30.9 Å². The summed E-state index contributed by atoms with van der Waals surface area (Å²) in [6.07, 6.45) is 5.28. The molecule has 0 fully saturated rings. The van der Waals surface area contributed by atoms with Crippen LogP contribution in [0.4, 0.5) is 5.82 Å². The first kappa shape index (κ1) is 20.7. The molecule has 3 rings (SSSR count). The minimum atomic E-state index is 0.176. The maximum Gasteiger partial charge on any atom is 0.291 e. The lowest BCUT2D eigenvalue weighted by Crippen LogP contribution is -2.33. The largest absolute Gasteiger partial charge is 0.291 e. The molecule has 1 aliphatic heterocycles. The number of benzene rings is 1. The van der Waals surface area contributed by atoms with Gasteiger partial charge in [0.05, 0.1) is 6.04 Å². The fourth-order valence-electron chi connectivity index (χ4n) is 3.95. The minimum absolute atomic E-state index is 0.176. The van der Waals surface area contributed by atoms with Crippen LogP contribution in [0.5, 0.6) is 0 Å². The highest BCUT2D eigenvalue weighted by Crippen LogP contribution is 2.41. The number of thioether (sulfide) groups is 1. The third-order valence-electron chi connectivity index (χ3n) is 5.43. The maximum absolute atomic E-state index is 10.00. The number of nitrogens with zero attached hydrogens (tertiary/aromatic N) is 1. The standard InChI is InChI=1S/C24H31N3S/c1-5-6-12-22-21-16-28-24(3,4)14-19(21)20(15-25)23(27-22)26-17(2)13-18-10-8-7-9-11-18/h7-11,17H,5-6,12-14,16H2,1-4H3,(H,26,27)/p+1/t17-/m1/s1. The highest BCUT2D eigenvalue weighted by Gasteiger charge is 2.33. The maximum atomic E-state index is 10.00. The monoisotopic (exact) mass is 394 g/mol. The summed E-state index contributed by atoms with van der Waals surface area (Å²) < 4.78 is 0.176. The first-order valence-corrected chi connectivity index (χ1v) is 11.4. The number of rotatable bonds is 7. The van der Waals surface area contributed by atoms with Crippen LogP contribution in [0.15, 0.2) is 30.3 Å². The van der Waals surface area contributed by atoms with E-state index in [4.69, 9.17) is 0 Å². The highest BCUT2D eigenvalue weighted by molar-refractivity contribution is 7.99. The number of fused-ring (bicyclic) bond motifs is 1. The van der Waals surface area contributed by atoms with Gasteiger partial charge in [-0.3, -0.25) is 5.32 Å². The zero-order valence-corrected chi connectivity index (χ0v) is 18.4. The Hall–Kier alpha value is -1.99. The Morgan fingerprint density at radius 3 is 2.68 bits per heavy atom. The van der Waals surface area contributed by atoms with Crippen LogP contribution < -0.4 is 10.3 Å². The molecule has 4 heteroatoms. The van der Waals surface area contributed by atoms with Crippen LogP contribution >= 0.6 is 11.8 Å². The van der Waals surface area contributed by atoms with E-state index in [9.17, 15) is 5.26 Å². The lowest BCUT2D eigenvalue weighted by molar-refractivity contribution is -0.375. The van der Waals surface area contributed by atoms with Crippen molar-refractivity contribution in [3.8, 4) is 6.07 Å². The fraction of sp³-hybridized carbons (Fsp3) is 0.500. The number of aromatic nitrogens is 1. The molecule has 1 atom stereocenters. The minimum Gasteiger partial charge on any atom is -0.271 e. The summed E-state index contributed by atoms with van der Waals surface area (Å²) in [6.45, 7) is 8.99. The van der Waals surface area contributed by atoms with Crippen molar-refractivity contribution in [3.63, 3.8) is 0 Å². The number of hydrogen-bond donors (Lipinski definition) is 1. The Balaban J connectivity index is 1.94. The molecule has 0 amide bonds. The van der Waals surface area contributed by atoms with Crippen molar-refractivity contribution in [2.45, 2.75) is 76.3 Å². The van der Waals surface area contributed by atoms with E-state index in [1.807, 2.05) is 17.8 Å². The molecule has 2 N–H and O–H groups in total. The third-order valence-corrected chi connectivity index (χ3v) is 6.79. The van der Waals surface area contributed by atoms with E-state index in [2.05, 4.69) is 68.3 Å². The van der Waals surface area contributed by atoms with Gasteiger partial charge in [0.25, 0.3) is 5.82 Å². The Kier molecular flexibility index (Phi) is 6.67. The lowest BCUT2D eigenvalue weighted by Gasteiger charge is -2.32. The molecule has 1 aromatic heterocycles. The van der Waals surface area contributed by atoms with Crippen molar-refractivity contribution in [2.24, 2.45) is 0 Å². The van der Waals surface area contributed by atoms with E-state index in [1.54, 1.807) is 0 Å². The Labute approximate surface area is 174 Å². The van der Waals surface area contributed by atoms with Crippen LogP contribution in [0.25, 0.3) is 0 Å². The normalized spacial score (nSPS) is 16.1. The second-order valence-electron chi connectivity index (χ2n) is 8.49. The topological polar surface area (TPSA) is 50.0 Å². The van der Waals surface area contributed by atoms with Crippen LogP contribution in [0, 0.1) is 11.3 Å². The van der Waals surface area contributed by atoms with Gasteiger partial charge in [-0.1, -0.05) is 57.5 Å². The first-order chi connectivity index (χ1) is 13.4. The molecule has 0 aliphatic carbocycles. The van der Waals surface area contributed by atoms with E-state index in [1.165, 1.54) is 35.2 Å². The number of H-pyrrole nitrogens is 1. The summed E-state index contributed by atoms with van der Waals surface area (Å²) in [5, 5.41) is 13.6.